The number of rotatable bonds is 6. The zero-order valence-corrected chi connectivity index (χ0v) is 14.6. The number of aryl methyl sites for hydroxylation is 2. The van der Waals surface area contributed by atoms with Crippen molar-refractivity contribution in [2.45, 2.75) is 33.2 Å². The van der Waals surface area contributed by atoms with Gasteiger partial charge in [-0.1, -0.05) is 54.9 Å². The molecule has 0 saturated carbocycles. The van der Waals surface area contributed by atoms with E-state index in [-0.39, 0.29) is 18.5 Å². The van der Waals surface area contributed by atoms with Crippen molar-refractivity contribution in [2.24, 2.45) is 0 Å². The van der Waals surface area contributed by atoms with E-state index in [9.17, 15) is 4.79 Å². The van der Waals surface area contributed by atoms with Gasteiger partial charge in [0.15, 0.2) is 0 Å². The van der Waals surface area contributed by atoms with Crippen LogP contribution in [-0.4, -0.2) is 12.5 Å². The van der Waals surface area contributed by atoms with E-state index in [1.165, 1.54) is 0 Å². The van der Waals surface area contributed by atoms with Gasteiger partial charge in [-0.3, -0.25) is 4.79 Å². The average Bonchev–Trinajstić information content (AvgIpc) is 2.55. The van der Waals surface area contributed by atoms with Gasteiger partial charge in [-0.2, -0.15) is 0 Å². The maximum absolute atomic E-state index is 12.2. The third kappa shape index (κ3) is 4.57. The number of hydrogen-bond donors (Lipinski definition) is 2. The van der Waals surface area contributed by atoms with Crippen LogP contribution >= 0.6 is 11.6 Å². The standard InChI is InChI=1S/C19H23ClN2O/c1-4-15-9-7-8-13(2)19(15)22-18(23)12-21-14(3)16-10-5-6-11-17(16)20/h5-11,14,21H,4,12H2,1-3H3,(H,22,23)/t14-/m1/s1. The first-order chi connectivity index (χ1) is 11.0. The Balaban J connectivity index is 1.97. The minimum atomic E-state index is -0.0482. The van der Waals surface area contributed by atoms with Crippen molar-refractivity contribution >= 4 is 23.2 Å². The summed E-state index contributed by atoms with van der Waals surface area (Å²) >= 11 is 6.18. The van der Waals surface area contributed by atoms with Crippen LogP contribution in [0.25, 0.3) is 0 Å². The van der Waals surface area contributed by atoms with Gasteiger partial charge in [-0.15, -0.1) is 0 Å². The molecule has 0 unspecified atom stereocenters. The van der Waals surface area contributed by atoms with E-state index in [0.29, 0.717) is 5.02 Å². The highest BCUT2D eigenvalue weighted by Gasteiger charge is 2.12. The summed E-state index contributed by atoms with van der Waals surface area (Å²) in [6, 6.07) is 13.7. The largest absolute Gasteiger partial charge is 0.324 e. The summed E-state index contributed by atoms with van der Waals surface area (Å²) < 4.78 is 0. The zero-order valence-electron chi connectivity index (χ0n) is 13.8. The van der Waals surface area contributed by atoms with Gasteiger partial charge < -0.3 is 10.6 Å². The molecular formula is C19H23ClN2O. The fourth-order valence-electron chi connectivity index (χ4n) is 2.57. The van der Waals surface area contributed by atoms with Crippen molar-refractivity contribution < 1.29 is 4.79 Å². The highest BCUT2D eigenvalue weighted by Crippen LogP contribution is 2.23. The Morgan fingerprint density at radius 2 is 1.91 bits per heavy atom. The van der Waals surface area contributed by atoms with E-state index in [2.05, 4.69) is 17.6 Å². The Bertz CT molecular complexity index is 685. The minimum absolute atomic E-state index is 0.0111. The normalized spacial score (nSPS) is 12.0. The Kier molecular flexibility index (Phi) is 6.20. The first-order valence-electron chi connectivity index (χ1n) is 7.89. The molecule has 2 rings (SSSR count). The summed E-state index contributed by atoms with van der Waals surface area (Å²) in [4.78, 5) is 12.2. The second kappa shape index (κ2) is 8.14. The van der Waals surface area contributed by atoms with Crippen molar-refractivity contribution in [2.75, 3.05) is 11.9 Å². The van der Waals surface area contributed by atoms with Crippen LogP contribution in [0.2, 0.25) is 5.02 Å². The van der Waals surface area contributed by atoms with Gasteiger partial charge in [0.1, 0.15) is 0 Å². The molecule has 0 saturated heterocycles. The van der Waals surface area contributed by atoms with Gasteiger partial charge in [0.25, 0.3) is 0 Å². The van der Waals surface area contributed by atoms with Crippen LogP contribution in [0.4, 0.5) is 5.69 Å². The molecule has 0 aromatic heterocycles. The lowest BCUT2D eigenvalue weighted by molar-refractivity contribution is -0.115. The van der Waals surface area contributed by atoms with E-state index in [0.717, 1.165) is 28.8 Å². The van der Waals surface area contributed by atoms with E-state index in [1.807, 2.05) is 56.3 Å². The molecule has 2 aromatic rings. The number of para-hydroxylation sites is 1. The van der Waals surface area contributed by atoms with Crippen LogP contribution < -0.4 is 10.6 Å². The summed E-state index contributed by atoms with van der Waals surface area (Å²) in [5, 5.41) is 6.95. The molecule has 4 heteroatoms. The highest BCUT2D eigenvalue weighted by molar-refractivity contribution is 6.31. The van der Waals surface area contributed by atoms with Gasteiger partial charge in [0, 0.05) is 16.8 Å². The highest BCUT2D eigenvalue weighted by atomic mass is 35.5. The molecule has 23 heavy (non-hydrogen) atoms. The lowest BCUT2D eigenvalue weighted by Gasteiger charge is -2.17. The molecular weight excluding hydrogens is 308 g/mol. The fourth-order valence-corrected chi connectivity index (χ4v) is 2.87. The van der Waals surface area contributed by atoms with E-state index >= 15 is 0 Å². The zero-order chi connectivity index (χ0) is 16.8. The van der Waals surface area contributed by atoms with Crippen LogP contribution in [-0.2, 0) is 11.2 Å². The molecule has 1 amide bonds. The Hall–Kier alpha value is -1.84. The Labute approximate surface area is 143 Å². The summed E-state index contributed by atoms with van der Waals surface area (Å²) in [6.45, 7) is 6.33. The maximum Gasteiger partial charge on any atom is 0.238 e. The molecule has 0 radical (unpaired) electrons. The van der Waals surface area contributed by atoms with Crippen LogP contribution in [0.5, 0.6) is 0 Å². The predicted molar refractivity (Wildman–Crippen MR) is 97.1 cm³/mol. The predicted octanol–water partition coefficient (Wildman–Crippen LogP) is 4.50. The number of halogens is 1. The number of anilines is 1. The van der Waals surface area contributed by atoms with E-state index < -0.39 is 0 Å². The van der Waals surface area contributed by atoms with Crippen molar-refractivity contribution in [1.82, 2.24) is 5.32 Å². The second-order valence-corrected chi connectivity index (χ2v) is 6.04. The van der Waals surface area contributed by atoms with Gasteiger partial charge in [0.05, 0.1) is 6.54 Å². The molecule has 0 heterocycles. The molecule has 0 bridgehead atoms. The van der Waals surface area contributed by atoms with Gasteiger partial charge in [0.2, 0.25) is 5.91 Å². The quantitative estimate of drug-likeness (QED) is 0.818. The number of carbonyl (C=O) groups is 1. The molecule has 0 spiro atoms. The summed E-state index contributed by atoms with van der Waals surface area (Å²) in [6.07, 6.45) is 0.890. The van der Waals surface area contributed by atoms with Crippen LogP contribution in [0.15, 0.2) is 42.5 Å². The van der Waals surface area contributed by atoms with Gasteiger partial charge >= 0.3 is 0 Å². The van der Waals surface area contributed by atoms with E-state index in [4.69, 9.17) is 11.6 Å². The molecule has 0 aliphatic rings. The molecule has 2 aromatic carbocycles. The Morgan fingerprint density at radius 3 is 2.61 bits per heavy atom. The Morgan fingerprint density at radius 1 is 1.17 bits per heavy atom. The molecule has 0 aliphatic carbocycles. The van der Waals surface area contributed by atoms with Crippen molar-refractivity contribution in [3.63, 3.8) is 0 Å². The second-order valence-electron chi connectivity index (χ2n) is 5.63. The smallest absolute Gasteiger partial charge is 0.238 e. The fraction of sp³-hybridized carbons (Fsp3) is 0.316. The van der Waals surface area contributed by atoms with Gasteiger partial charge in [-0.05, 0) is 43.0 Å². The lowest BCUT2D eigenvalue weighted by atomic mass is 10.1. The van der Waals surface area contributed by atoms with Crippen molar-refractivity contribution in [3.8, 4) is 0 Å². The van der Waals surface area contributed by atoms with Crippen molar-refractivity contribution in [1.29, 1.82) is 0 Å². The minimum Gasteiger partial charge on any atom is -0.324 e. The molecule has 1 atom stereocenters. The molecule has 2 N–H and O–H groups in total. The summed E-state index contributed by atoms with van der Waals surface area (Å²) in [7, 11) is 0. The molecule has 122 valence electrons. The molecule has 3 nitrogen and oxygen atoms in total. The number of carbonyl (C=O) groups excluding carboxylic acids is 1. The topological polar surface area (TPSA) is 41.1 Å². The first-order valence-corrected chi connectivity index (χ1v) is 8.26. The van der Waals surface area contributed by atoms with Gasteiger partial charge in [-0.25, -0.2) is 0 Å². The molecule has 0 fully saturated rings. The first kappa shape index (κ1) is 17.5. The van der Waals surface area contributed by atoms with E-state index in [1.54, 1.807) is 0 Å². The summed E-state index contributed by atoms with van der Waals surface area (Å²) in [5.41, 5.74) is 4.15. The van der Waals surface area contributed by atoms with Crippen molar-refractivity contribution in [3.05, 3.63) is 64.2 Å². The van der Waals surface area contributed by atoms with Crippen LogP contribution in [0.3, 0.4) is 0 Å². The maximum atomic E-state index is 12.2. The number of benzene rings is 2. The number of amides is 1. The SMILES string of the molecule is CCc1cccc(C)c1NC(=O)CN[C@H](C)c1ccccc1Cl. The monoisotopic (exact) mass is 330 g/mol. The summed E-state index contributed by atoms with van der Waals surface area (Å²) in [5.74, 6) is -0.0482. The molecule has 0 aliphatic heterocycles. The van der Waals surface area contributed by atoms with Crippen LogP contribution in [0.1, 0.15) is 36.6 Å². The number of hydrogen-bond acceptors (Lipinski definition) is 2. The third-order valence-corrected chi connectivity index (χ3v) is 4.29. The third-order valence-electron chi connectivity index (χ3n) is 3.94. The van der Waals surface area contributed by atoms with Crippen LogP contribution in [0, 0.1) is 6.92 Å². The average molecular weight is 331 g/mol. The lowest BCUT2D eigenvalue weighted by Crippen LogP contribution is -2.30. The number of nitrogens with one attached hydrogen (secondary N) is 2.